The number of rotatable bonds is 3. The molecule has 9 heteroatoms. The first-order chi connectivity index (χ1) is 8.91. The summed E-state index contributed by atoms with van der Waals surface area (Å²) in [4.78, 5) is 10.4. The first-order valence-corrected chi connectivity index (χ1v) is 5.10. The molecule has 0 aliphatic rings. The molecule has 0 radical (unpaired) electrons. The average molecular weight is 302 g/mol. The van der Waals surface area contributed by atoms with E-state index in [-0.39, 0.29) is 6.07 Å². The summed E-state index contributed by atoms with van der Waals surface area (Å²) < 4.78 is 74.9. The maximum atomic E-state index is 12.5. The van der Waals surface area contributed by atoms with Crippen molar-refractivity contribution in [2.24, 2.45) is 0 Å². The standard InChI is InChI=1S/C11H8F6O3/c12-10(13,14)6-1-5(3-8(18)9(19)20)2-7(4-6)11(15,16)17/h1-2,4,8,18H,3H2,(H,19,20). The number of hydrogen-bond acceptors (Lipinski definition) is 2. The van der Waals surface area contributed by atoms with E-state index in [1.807, 2.05) is 0 Å². The number of hydrogen-bond donors (Lipinski definition) is 2. The molecule has 1 aromatic rings. The Bertz CT molecular complexity index is 474. The van der Waals surface area contributed by atoms with Crippen LogP contribution in [0.15, 0.2) is 18.2 Å². The Labute approximate surface area is 108 Å². The molecule has 0 saturated heterocycles. The van der Waals surface area contributed by atoms with Crippen LogP contribution in [0.3, 0.4) is 0 Å². The van der Waals surface area contributed by atoms with Crippen molar-refractivity contribution in [2.75, 3.05) is 0 Å². The number of aliphatic carboxylic acids is 1. The van der Waals surface area contributed by atoms with Crippen LogP contribution in [-0.4, -0.2) is 22.3 Å². The predicted molar refractivity (Wildman–Crippen MR) is 53.8 cm³/mol. The summed E-state index contributed by atoms with van der Waals surface area (Å²) in [6.45, 7) is 0. The van der Waals surface area contributed by atoms with Crippen LogP contribution in [0.25, 0.3) is 0 Å². The third-order valence-electron chi connectivity index (χ3n) is 2.36. The largest absolute Gasteiger partial charge is 0.479 e. The average Bonchev–Trinajstić information content (AvgIpc) is 2.26. The van der Waals surface area contributed by atoms with Gasteiger partial charge in [-0.25, -0.2) is 4.79 Å². The molecular weight excluding hydrogens is 294 g/mol. The van der Waals surface area contributed by atoms with Crippen LogP contribution in [0.5, 0.6) is 0 Å². The van der Waals surface area contributed by atoms with E-state index in [2.05, 4.69) is 0 Å². The first kappa shape index (κ1) is 16.3. The maximum absolute atomic E-state index is 12.5. The Morgan fingerprint density at radius 2 is 1.40 bits per heavy atom. The van der Waals surface area contributed by atoms with E-state index < -0.39 is 47.5 Å². The highest BCUT2D eigenvalue weighted by Gasteiger charge is 2.37. The van der Waals surface area contributed by atoms with Gasteiger partial charge in [0.25, 0.3) is 0 Å². The molecule has 0 fully saturated rings. The van der Waals surface area contributed by atoms with Gasteiger partial charge in [0.05, 0.1) is 11.1 Å². The minimum atomic E-state index is -5.01. The highest BCUT2D eigenvalue weighted by molar-refractivity contribution is 5.72. The SMILES string of the molecule is O=C(O)C(O)Cc1cc(C(F)(F)F)cc(C(F)(F)F)c1. The molecule has 0 saturated carbocycles. The number of carboxylic acids is 1. The molecule has 0 heterocycles. The van der Waals surface area contributed by atoms with E-state index in [0.717, 1.165) is 0 Å². The number of alkyl halides is 6. The van der Waals surface area contributed by atoms with Crippen molar-refractivity contribution in [3.8, 4) is 0 Å². The fraction of sp³-hybridized carbons (Fsp3) is 0.364. The Hall–Kier alpha value is -1.77. The van der Waals surface area contributed by atoms with Crippen molar-refractivity contribution in [3.63, 3.8) is 0 Å². The molecule has 1 aromatic carbocycles. The fourth-order valence-electron chi connectivity index (χ4n) is 1.45. The molecule has 2 N–H and O–H groups in total. The number of aliphatic hydroxyl groups excluding tert-OH is 1. The van der Waals surface area contributed by atoms with Crippen molar-refractivity contribution in [1.82, 2.24) is 0 Å². The molecule has 0 bridgehead atoms. The smallest absolute Gasteiger partial charge is 0.416 e. The van der Waals surface area contributed by atoms with E-state index in [0.29, 0.717) is 12.1 Å². The van der Waals surface area contributed by atoms with Crippen molar-refractivity contribution < 1.29 is 41.4 Å². The zero-order valence-corrected chi connectivity index (χ0v) is 9.59. The Kier molecular flexibility index (Phi) is 4.33. The molecule has 112 valence electrons. The van der Waals surface area contributed by atoms with E-state index in [9.17, 15) is 31.1 Å². The molecule has 0 amide bonds. The van der Waals surface area contributed by atoms with Crippen molar-refractivity contribution >= 4 is 5.97 Å². The van der Waals surface area contributed by atoms with Crippen LogP contribution < -0.4 is 0 Å². The lowest BCUT2D eigenvalue weighted by Crippen LogP contribution is -2.22. The first-order valence-electron chi connectivity index (χ1n) is 5.10. The molecular formula is C11H8F6O3. The zero-order chi connectivity index (χ0) is 15.7. The van der Waals surface area contributed by atoms with Gasteiger partial charge < -0.3 is 10.2 Å². The summed E-state index contributed by atoms with van der Waals surface area (Å²) in [6.07, 6.45) is -13.0. The lowest BCUT2D eigenvalue weighted by molar-refractivity contribution is -0.146. The molecule has 20 heavy (non-hydrogen) atoms. The van der Waals surface area contributed by atoms with Crippen molar-refractivity contribution in [2.45, 2.75) is 24.9 Å². The van der Waals surface area contributed by atoms with Crippen LogP contribution in [0.2, 0.25) is 0 Å². The topological polar surface area (TPSA) is 57.5 Å². The Morgan fingerprint density at radius 3 is 1.70 bits per heavy atom. The minimum absolute atomic E-state index is 0.0728. The van der Waals surface area contributed by atoms with Gasteiger partial charge in [-0.1, -0.05) is 0 Å². The second kappa shape index (κ2) is 5.31. The second-order valence-electron chi connectivity index (χ2n) is 3.97. The van der Waals surface area contributed by atoms with E-state index in [4.69, 9.17) is 10.2 Å². The van der Waals surface area contributed by atoms with Crippen LogP contribution in [-0.2, 0) is 23.6 Å². The fourth-order valence-corrected chi connectivity index (χ4v) is 1.45. The van der Waals surface area contributed by atoms with Gasteiger partial charge in [-0.2, -0.15) is 26.3 Å². The third kappa shape index (κ3) is 4.12. The van der Waals surface area contributed by atoms with Crippen LogP contribution in [0.4, 0.5) is 26.3 Å². The van der Waals surface area contributed by atoms with E-state index >= 15 is 0 Å². The van der Waals surface area contributed by atoms with Gasteiger partial charge in [0.2, 0.25) is 0 Å². The second-order valence-corrected chi connectivity index (χ2v) is 3.97. The molecule has 0 aliphatic heterocycles. The van der Waals surface area contributed by atoms with Gasteiger partial charge in [0.15, 0.2) is 6.10 Å². The van der Waals surface area contributed by atoms with Gasteiger partial charge in [-0.05, 0) is 23.8 Å². The van der Waals surface area contributed by atoms with Gasteiger partial charge in [0.1, 0.15) is 0 Å². The molecule has 0 spiro atoms. The zero-order valence-electron chi connectivity index (χ0n) is 9.59. The van der Waals surface area contributed by atoms with Crippen molar-refractivity contribution in [1.29, 1.82) is 0 Å². The van der Waals surface area contributed by atoms with E-state index in [1.165, 1.54) is 0 Å². The summed E-state index contributed by atoms with van der Waals surface area (Å²) >= 11 is 0. The number of benzene rings is 1. The molecule has 1 rings (SSSR count). The summed E-state index contributed by atoms with van der Waals surface area (Å²) in [5, 5.41) is 17.4. The van der Waals surface area contributed by atoms with Crippen LogP contribution in [0.1, 0.15) is 16.7 Å². The quantitative estimate of drug-likeness (QED) is 0.844. The van der Waals surface area contributed by atoms with Gasteiger partial charge >= 0.3 is 18.3 Å². The van der Waals surface area contributed by atoms with Crippen molar-refractivity contribution in [3.05, 3.63) is 34.9 Å². The molecule has 0 aliphatic carbocycles. The summed E-state index contributed by atoms with van der Waals surface area (Å²) in [5.74, 6) is -1.74. The maximum Gasteiger partial charge on any atom is 0.416 e. The monoisotopic (exact) mass is 302 g/mol. The molecule has 0 aromatic heterocycles. The van der Waals surface area contributed by atoms with Gasteiger partial charge in [-0.3, -0.25) is 0 Å². The van der Waals surface area contributed by atoms with Crippen LogP contribution in [0, 0.1) is 0 Å². The lowest BCUT2D eigenvalue weighted by atomic mass is 10.0. The molecule has 3 nitrogen and oxygen atoms in total. The Morgan fingerprint density at radius 1 is 1.00 bits per heavy atom. The number of carbonyl (C=O) groups is 1. The minimum Gasteiger partial charge on any atom is -0.479 e. The van der Waals surface area contributed by atoms with E-state index in [1.54, 1.807) is 0 Å². The number of carboxylic acid groups (broad SMARTS) is 1. The van der Waals surface area contributed by atoms with Crippen LogP contribution >= 0.6 is 0 Å². The highest BCUT2D eigenvalue weighted by atomic mass is 19.4. The molecule has 1 unspecified atom stereocenters. The Balaban J connectivity index is 3.28. The highest BCUT2D eigenvalue weighted by Crippen LogP contribution is 2.36. The third-order valence-corrected chi connectivity index (χ3v) is 2.36. The predicted octanol–water partition coefficient (Wildman–Crippen LogP) is 2.71. The van der Waals surface area contributed by atoms with Gasteiger partial charge in [0, 0.05) is 6.42 Å². The summed E-state index contributed by atoms with van der Waals surface area (Å²) in [7, 11) is 0. The number of aliphatic hydroxyl groups is 1. The van der Waals surface area contributed by atoms with Gasteiger partial charge in [-0.15, -0.1) is 0 Å². The normalized spacial score (nSPS) is 14.2. The summed E-state index contributed by atoms with van der Waals surface area (Å²) in [5.41, 5.74) is -3.68. The lowest BCUT2D eigenvalue weighted by Gasteiger charge is -2.15. The number of halogens is 6. The summed E-state index contributed by atoms with van der Waals surface area (Å²) in [6, 6.07) is 0.680. The molecule has 1 atom stereocenters.